The minimum Gasteiger partial charge on any atom is -0.340 e. The van der Waals surface area contributed by atoms with Crippen LogP contribution in [-0.4, -0.2) is 49.7 Å². The third-order valence-corrected chi connectivity index (χ3v) is 6.15. The summed E-state index contributed by atoms with van der Waals surface area (Å²) < 4.78 is 26.6. The fourth-order valence-corrected chi connectivity index (χ4v) is 4.14. The smallest absolute Gasteiger partial charge is 0.243 e. The molecule has 1 atom stereocenters. The minimum absolute atomic E-state index is 0.0175. The molecule has 0 bridgehead atoms. The summed E-state index contributed by atoms with van der Waals surface area (Å²) >= 11 is 5.87. The predicted molar refractivity (Wildman–Crippen MR) is 86.2 cm³/mol. The van der Waals surface area contributed by atoms with E-state index in [1.54, 1.807) is 17.0 Å². The van der Waals surface area contributed by atoms with Crippen molar-refractivity contribution in [1.82, 2.24) is 9.21 Å². The number of piperazine rings is 1. The first-order chi connectivity index (χ1) is 10.4. The van der Waals surface area contributed by atoms with Crippen molar-refractivity contribution in [2.24, 2.45) is 5.92 Å². The molecule has 0 aliphatic carbocycles. The molecule has 1 aromatic carbocycles. The van der Waals surface area contributed by atoms with Crippen molar-refractivity contribution < 1.29 is 13.2 Å². The fourth-order valence-electron chi connectivity index (χ4n) is 2.41. The average molecular weight is 345 g/mol. The van der Waals surface area contributed by atoms with Gasteiger partial charge in [0.05, 0.1) is 4.90 Å². The summed E-state index contributed by atoms with van der Waals surface area (Å²) in [6, 6.07) is 6.26. The molecule has 1 aromatic rings. The summed E-state index contributed by atoms with van der Waals surface area (Å²) in [6.07, 6.45) is 0.792. The van der Waals surface area contributed by atoms with Crippen LogP contribution in [-0.2, 0) is 14.8 Å². The molecule has 0 saturated carbocycles. The molecule has 1 heterocycles. The number of hydrogen-bond acceptors (Lipinski definition) is 3. The lowest BCUT2D eigenvalue weighted by molar-refractivity contribution is -0.136. The Kier molecular flexibility index (Phi) is 5.47. The number of nitrogens with zero attached hydrogens (tertiary/aromatic N) is 2. The second-order valence-electron chi connectivity index (χ2n) is 5.50. The van der Waals surface area contributed by atoms with Crippen LogP contribution in [0, 0.1) is 5.92 Å². The van der Waals surface area contributed by atoms with Crippen LogP contribution in [0.5, 0.6) is 0 Å². The van der Waals surface area contributed by atoms with E-state index in [2.05, 4.69) is 0 Å². The van der Waals surface area contributed by atoms with Gasteiger partial charge in [-0.2, -0.15) is 4.31 Å². The van der Waals surface area contributed by atoms with Gasteiger partial charge < -0.3 is 4.90 Å². The Morgan fingerprint density at radius 3 is 2.45 bits per heavy atom. The minimum atomic E-state index is -3.55. The lowest BCUT2D eigenvalue weighted by Crippen LogP contribution is -2.51. The Hall–Kier alpha value is -1.11. The molecule has 1 unspecified atom stereocenters. The molecule has 2 rings (SSSR count). The summed E-state index contributed by atoms with van der Waals surface area (Å²) in [7, 11) is -3.55. The van der Waals surface area contributed by atoms with E-state index in [1.165, 1.54) is 16.4 Å². The first-order valence-corrected chi connectivity index (χ1v) is 9.22. The highest BCUT2D eigenvalue weighted by Gasteiger charge is 2.31. The number of carbonyl (C=O) groups excluding carboxylic acids is 1. The van der Waals surface area contributed by atoms with Crippen LogP contribution in [0.15, 0.2) is 29.2 Å². The zero-order valence-electron chi connectivity index (χ0n) is 12.8. The molecular formula is C15H21ClN2O3S. The van der Waals surface area contributed by atoms with Crippen molar-refractivity contribution in [3.05, 3.63) is 29.3 Å². The van der Waals surface area contributed by atoms with Crippen molar-refractivity contribution in [2.45, 2.75) is 25.2 Å². The van der Waals surface area contributed by atoms with Crippen LogP contribution in [0.1, 0.15) is 20.3 Å². The summed E-state index contributed by atoms with van der Waals surface area (Å²) in [5.41, 5.74) is 0. The second-order valence-corrected chi connectivity index (χ2v) is 7.87. The van der Waals surface area contributed by atoms with Crippen LogP contribution in [0.4, 0.5) is 0 Å². The van der Waals surface area contributed by atoms with E-state index in [0.717, 1.165) is 6.42 Å². The van der Waals surface area contributed by atoms with Crippen LogP contribution in [0.3, 0.4) is 0 Å². The van der Waals surface area contributed by atoms with Gasteiger partial charge in [-0.25, -0.2) is 8.42 Å². The number of hydrogen-bond donors (Lipinski definition) is 0. The molecule has 1 amide bonds. The number of halogens is 1. The van der Waals surface area contributed by atoms with Gasteiger partial charge in [-0.15, -0.1) is 0 Å². The van der Waals surface area contributed by atoms with Gasteiger partial charge in [0.15, 0.2) is 0 Å². The van der Waals surface area contributed by atoms with Gasteiger partial charge in [0, 0.05) is 37.1 Å². The number of amides is 1. The third-order valence-electron chi connectivity index (χ3n) is 4.02. The number of sulfonamides is 1. The maximum absolute atomic E-state index is 12.6. The van der Waals surface area contributed by atoms with Gasteiger partial charge in [-0.3, -0.25) is 4.79 Å². The Bertz CT molecular complexity index is 640. The summed E-state index contributed by atoms with van der Waals surface area (Å²) in [5.74, 6) is 0.0818. The SMILES string of the molecule is CCC(C)C(=O)N1CCN(S(=O)(=O)c2cccc(Cl)c2)CC1. The Morgan fingerprint density at radius 1 is 1.27 bits per heavy atom. The molecule has 1 saturated heterocycles. The quantitative estimate of drug-likeness (QED) is 0.841. The van der Waals surface area contributed by atoms with Crippen molar-refractivity contribution >= 4 is 27.5 Å². The first kappa shape index (κ1) is 17.2. The number of rotatable bonds is 4. The van der Waals surface area contributed by atoms with Crippen molar-refractivity contribution in [1.29, 1.82) is 0 Å². The highest BCUT2D eigenvalue weighted by Crippen LogP contribution is 2.21. The molecule has 1 aliphatic rings. The van der Waals surface area contributed by atoms with E-state index < -0.39 is 10.0 Å². The van der Waals surface area contributed by atoms with Gasteiger partial charge in [0.1, 0.15) is 0 Å². The molecule has 0 spiro atoms. The third kappa shape index (κ3) is 3.62. The van der Waals surface area contributed by atoms with Gasteiger partial charge >= 0.3 is 0 Å². The molecule has 5 nitrogen and oxygen atoms in total. The molecule has 1 aliphatic heterocycles. The highest BCUT2D eigenvalue weighted by atomic mass is 35.5. The van der Waals surface area contributed by atoms with Crippen molar-refractivity contribution in [2.75, 3.05) is 26.2 Å². The van der Waals surface area contributed by atoms with Crippen LogP contribution < -0.4 is 0 Å². The molecule has 0 N–H and O–H groups in total. The number of carbonyl (C=O) groups is 1. The lowest BCUT2D eigenvalue weighted by Gasteiger charge is -2.35. The largest absolute Gasteiger partial charge is 0.340 e. The van der Waals surface area contributed by atoms with E-state index in [4.69, 9.17) is 11.6 Å². The molecule has 0 aromatic heterocycles. The fraction of sp³-hybridized carbons (Fsp3) is 0.533. The maximum atomic E-state index is 12.6. The standard InChI is InChI=1S/C15H21ClN2O3S/c1-3-12(2)15(19)17-7-9-18(10-8-17)22(20,21)14-6-4-5-13(16)11-14/h4-6,11-12H,3,7-10H2,1-2H3. The normalized spacial score (nSPS) is 18.2. The Morgan fingerprint density at radius 2 is 1.91 bits per heavy atom. The lowest BCUT2D eigenvalue weighted by atomic mass is 10.1. The van der Waals surface area contributed by atoms with Gasteiger partial charge in [-0.1, -0.05) is 31.5 Å². The summed E-state index contributed by atoms with van der Waals surface area (Å²) in [6.45, 7) is 5.37. The first-order valence-electron chi connectivity index (χ1n) is 7.40. The van der Waals surface area contributed by atoms with E-state index in [1.807, 2.05) is 13.8 Å². The molecular weight excluding hydrogens is 324 g/mol. The molecule has 1 fully saturated rings. The van der Waals surface area contributed by atoms with Crippen LogP contribution >= 0.6 is 11.6 Å². The van der Waals surface area contributed by atoms with E-state index in [0.29, 0.717) is 31.2 Å². The van der Waals surface area contributed by atoms with Gasteiger partial charge in [-0.05, 0) is 24.6 Å². The summed E-state index contributed by atoms with van der Waals surface area (Å²) in [4.78, 5) is 14.1. The van der Waals surface area contributed by atoms with Crippen molar-refractivity contribution in [3.63, 3.8) is 0 Å². The topological polar surface area (TPSA) is 57.7 Å². The number of benzene rings is 1. The van der Waals surface area contributed by atoms with Crippen LogP contribution in [0.2, 0.25) is 5.02 Å². The molecule has 122 valence electrons. The zero-order chi connectivity index (χ0) is 16.3. The second kappa shape index (κ2) is 6.98. The Labute approximate surface area is 136 Å². The van der Waals surface area contributed by atoms with E-state index >= 15 is 0 Å². The molecule has 22 heavy (non-hydrogen) atoms. The van der Waals surface area contributed by atoms with Crippen molar-refractivity contribution in [3.8, 4) is 0 Å². The maximum Gasteiger partial charge on any atom is 0.243 e. The molecule has 0 radical (unpaired) electrons. The van der Waals surface area contributed by atoms with E-state index in [-0.39, 0.29) is 16.7 Å². The summed E-state index contributed by atoms with van der Waals surface area (Å²) in [5, 5.41) is 0.395. The van der Waals surface area contributed by atoms with E-state index in [9.17, 15) is 13.2 Å². The van der Waals surface area contributed by atoms with Gasteiger partial charge in [0.25, 0.3) is 0 Å². The zero-order valence-corrected chi connectivity index (χ0v) is 14.4. The monoisotopic (exact) mass is 344 g/mol. The van der Waals surface area contributed by atoms with Gasteiger partial charge in [0.2, 0.25) is 15.9 Å². The molecule has 7 heteroatoms. The Balaban J connectivity index is 2.06. The van der Waals surface area contributed by atoms with Crippen LogP contribution in [0.25, 0.3) is 0 Å². The highest BCUT2D eigenvalue weighted by molar-refractivity contribution is 7.89. The predicted octanol–water partition coefficient (Wildman–Crippen LogP) is 2.22. The average Bonchev–Trinajstić information content (AvgIpc) is 2.53.